The molecule has 2 aromatic rings. The maximum absolute atomic E-state index is 12.5. The van der Waals surface area contributed by atoms with Crippen LogP contribution in [0.3, 0.4) is 0 Å². The van der Waals surface area contributed by atoms with E-state index in [0.29, 0.717) is 19.6 Å². The monoisotopic (exact) mass is 402 g/mol. The number of carbonyl (C=O) groups excluding carboxylic acids is 1. The van der Waals surface area contributed by atoms with E-state index in [0.717, 1.165) is 16.9 Å². The fourth-order valence-electron chi connectivity index (χ4n) is 2.67. The zero-order valence-electron chi connectivity index (χ0n) is 16.4. The number of methoxy groups -OCH3 is 1. The van der Waals surface area contributed by atoms with Crippen LogP contribution in [0.5, 0.6) is 5.75 Å². The van der Waals surface area contributed by atoms with E-state index in [1.54, 1.807) is 37.5 Å². The average molecular weight is 403 g/mol. The van der Waals surface area contributed by atoms with E-state index in [4.69, 9.17) is 4.74 Å². The number of hydrogen-bond donors (Lipinski definition) is 1. The SMILES string of the molecule is CCN(CC)S(=O)(=O)c1ccc(C=CC(=O)NCc2cccc(OC)c2)cc1. The molecule has 0 aliphatic carbocycles. The van der Waals surface area contributed by atoms with Crippen LogP contribution in [0.25, 0.3) is 6.08 Å². The van der Waals surface area contributed by atoms with Crippen molar-refractivity contribution in [3.63, 3.8) is 0 Å². The summed E-state index contributed by atoms with van der Waals surface area (Å²) < 4.78 is 31.5. The van der Waals surface area contributed by atoms with Crippen molar-refractivity contribution in [2.45, 2.75) is 25.3 Å². The van der Waals surface area contributed by atoms with Gasteiger partial charge in [0.05, 0.1) is 12.0 Å². The third kappa shape index (κ3) is 5.68. The number of nitrogens with zero attached hydrogens (tertiary/aromatic N) is 1. The number of rotatable bonds is 9. The topological polar surface area (TPSA) is 75.7 Å². The molecule has 1 N–H and O–H groups in total. The van der Waals surface area contributed by atoms with Crippen LogP contribution in [0.1, 0.15) is 25.0 Å². The quantitative estimate of drug-likeness (QED) is 0.654. The number of amides is 1. The predicted octanol–water partition coefficient (Wildman–Crippen LogP) is 3.06. The van der Waals surface area contributed by atoms with Gasteiger partial charge in [0, 0.05) is 25.7 Å². The summed E-state index contributed by atoms with van der Waals surface area (Å²) in [5.41, 5.74) is 1.68. The summed E-state index contributed by atoms with van der Waals surface area (Å²) in [6.07, 6.45) is 3.07. The molecule has 28 heavy (non-hydrogen) atoms. The van der Waals surface area contributed by atoms with Crippen LogP contribution in [0, 0.1) is 0 Å². The van der Waals surface area contributed by atoms with Crippen molar-refractivity contribution in [3.05, 3.63) is 65.7 Å². The standard InChI is InChI=1S/C21H26N2O4S/c1-4-23(5-2)28(25,26)20-12-9-17(10-13-20)11-14-21(24)22-16-18-7-6-8-19(15-18)27-3/h6-15H,4-5,16H2,1-3H3,(H,22,24). The minimum Gasteiger partial charge on any atom is -0.497 e. The third-order valence-corrected chi connectivity index (χ3v) is 6.32. The minimum absolute atomic E-state index is 0.234. The number of benzene rings is 2. The van der Waals surface area contributed by atoms with Gasteiger partial charge in [0.15, 0.2) is 0 Å². The Bertz CT molecular complexity index is 918. The Morgan fingerprint density at radius 2 is 1.79 bits per heavy atom. The molecule has 1 amide bonds. The van der Waals surface area contributed by atoms with Gasteiger partial charge in [-0.15, -0.1) is 0 Å². The Kier molecular flexibility index (Phi) is 7.78. The second kappa shape index (κ2) is 10.1. The molecule has 0 aromatic heterocycles. The van der Waals surface area contributed by atoms with E-state index in [1.165, 1.54) is 10.4 Å². The third-order valence-electron chi connectivity index (χ3n) is 4.25. The lowest BCUT2D eigenvalue weighted by atomic mass is 10.2. The van der Waals surface area contributed by atoms with Gasteiger partial charge in [0.25, 0.3) is 0 Å². The molecule has 7 heteroatoms. The van der Waals surface area contributed by atoms with E-state index in [9.17, 15) is 13.2 Å². The molecule has 2 rings (SSSR count). The van der Waals surface area contributed by atoms with Gasteiger partial charge >= 0.3 is 0 Å². The maximum atomic E-state index is 12.5. The van der Waals surface area contributed by atoms with Crippen molar-refractivity contribution in [1.29, 1.82) is 0 Å². The van der Waals surface area contributed by atoms with Gasteiger partial charge in [-0.05, 0) is 41.5 Å². The number of sulfonamides is 1. The van der Waals surface area contributed by atoms with Gasteiger partial charge in [-0.2, -0.15) is 4.31 Å². The van der Waals surface area contributed by atoms with Crippen molar-refractivity contribution in [2.75, 3.05) is 20.2 Å². The molecular formula is C21H26N2O4S. The summed E-state index contributed by atoms with van der Waals surface area (Å²) in [5.74, 6) is 0.504. The Hall–Kier alpha value is -2.64. The Labute approximate surface area is 166 Å². The fraction of sp³-hybridized carbons (Fsp3) is 0.286. The van der Waals surface area contributed by atoms with E-state index >= 15 is 0 Å². The summed E-state index contributed by atoms with van der Waals surface area (Å²) in [6.45, 7) is 4.86. The molecule has 0 saturated heterocycles. The minimum atomic E-state index is -3.47. The first-order chi connectivity index (χ1) is 13.4. The second-order valence-electron chi connectivity index (χ2n) is 6.06. The Morgan fingerprint density at radius 3 is 2.39 bits per heavy atom. The molecule has 150 valence electrons. The number of ether oxygens (including phenoxy) is 1. The Morgan fingerprint density at radius 1 is 1.11 bits per heavy atom. The lowest BCUT2D eigenvalue weighted by Crippen LogP contribution is -2.30. The largest absolute Gasteiger partial charge is 0.497 e. The average Bonchev–Trinajstić information content (AvgIpc) is 2.72. The van der Waals surface area contributed by atoms with Crippen LogP contribution in [-0.4, -0.2) is 38.8 Å². The molecule has 0 unspecified atom stereocenters. The lowest BCUT2D eigenvalue weighted by Gasteiger charge is -2.18. The summed E-state index contributed by atoms with van der Waals surface area (Å²) in [6, 6.07) is 14.0. The first-order valence-electron chi connectivity index (χ1n) is 9.09. The molecule has 0 radical (unpaired) electrons. The van der Waals surface area contributed by atoms with Gasteiger partial charge in [-0.3, -0.25) is 4.79 Å². The van der Waals surface area contributed by atoms with Crippen LogP contribution in [-0.2, 0) is 21.4 Å². The van der Waals surface area contributed by atoms with E-state index in [2.05, 4.69) is 5.32 Å². The van der Waals surface area contributed by atoms with Crippen molar-refractivity contribution >= 4 is 22.0 Å². The fourth-order valence-corrected chi connectivity index (χ4v) is 4.12. The van der Waals surface area contributed by atoms with Crippen LogP contribution in [0.15, 0.2) is 59.5 Å². The van der Waals surface area contributed by atoms with Crippen molar-refractivity contribution in [3.8, 4) is 5.75 Å². The first kappa shape index (κ1) is 21.7. The molecule has 0 aliphatic heterocycles. The lowest BCUT2D eigenvalue weighted by molar-refractivity contribution is -0.116. The zero-order valence-corrected chi connectivity index (χ0v) is 17.2. The van der Waals surface area contributed by atoms with Crippen molar-refractivity contribution in [1.82, 2.24) is 9.62 Å². The predicted molar refractivity (Wildman–Crippen MR) is 110 cm³/mol. The normalized spacial score (nSPS) is 11.7. The zero-order chi connectivity index (χ0) is 20.6. The Balaban J connectivity index is 1.97. The highest BCUT2D eigenvalue weighted by Crippen LogP contribution is 2.17. The molecule has 6 nitrogen and oxygen atoms in total. The summed E-state index contributed by atoms with van der Waals surface area (Å²) in [7, 11) is -1.88. The highest BCUT2D eigenvalue weighted by molar-refractivity contribution is 7.89. The number of nitrogens with one attached hydrogen (secondary N) is 1. The smallest absolute Gasteiger partial charge is 0.244 e. The highest BCUT2D eigenvalue weighted by atomic mass is 32.2. The molecule has 0 bridgehead atoms. The van der Waals surface area contributed by atoms with Crippen molar-refractivity contribution < 1.29 is 17.9 Å². The van der Waals surface area contributed by atoms with Gasteiger partial charge in [-0.25, -0.2) is 8.42 Å². The van der Waals surface area contributed by atoms with Gasteiger partial charge in [0.2, 0.25) is 15.9 Å². The van der Waals surface area contributed by atoms with Crippen LogP contribution >= 0.6 is 0 Å². The van der Waals surface area contributed by atoms with Gasteiger partial charge in [0.1, 0.15) is 5.75 Å². The summed E-state index contributed by atoms with van der Waals surface area (Å²) in [4.78, 5) is 12.3. The van der Waals surface area contributed by atoms with E-state index < -0.39 is 10.0 Å². The molecule has 0 atom stereocenters. The van der Waals surface area contributed by atoms with Crippen LogP contribution in [0.4, 0.5) is 0 Å². The molecule has 0 saturated carbocycles. The molecular weight excluding hydrogens is 376 g/mol. The number of carbonyl (C=O) groups is 1. The maximum Gasteiger partial charge on any atom is 0.244 e. The molecule has 0 aliphatic rings. The second-order valence-corrected chi connectivity index (χ2v) is 8.00. The molecule has 0 fully saturated rings. The first-order valence-corrected chi connectivity index (χ1v) is 10.5. The van der Waals surface area contributed by atoms with Gasteiger partial charge < -0.3 is 10.1 Å². The van der Waals surface area contributed by atoms with E-state index in [-0.39, 0.29) is 10.8 Å². The summed E-state index contributed by atoms with van der Waals surface area (Å²) >= 11 is 0. The van der Waals surface area contributed by atoms with Gasteiger partial charge in [-0.1, -0.05) is 38.1 Å². The molecule has 0 spiro atoms. The molecule has 0 heterocycles. The van der Waals surface area contributed by atoms with Crippen molar-refractivity contribution in [2.24, 2.45) is 0 Å². The number of hydrogen-bond acceptors (Lipinski definition) is 4. The van der Waals surface area contributed by atoms with Crippen LogP contribution in [0.2, 0.25) is 0 Å². The van der Waals surface area contributed by atoms with Crippen LogP contribution < -0.4 is 10.1 Å². The van der Waals surface area contributed by atoms with E-state index in [1.807, 2.05) is 38.1 Å². The molecule has 2 aromatic carbocycles. The highest BCUT2D eigenvalue weighted by Gasteiger charge is 2.20. The summed E-state index contributed by atoms with van der Waals surface area (Å²) in [5, 5.41) is 2.80.